The number of pyridine rings is 1. The summed E-state index contributed by atoms with van der Waals surface area (Å²) in [5.74, 6) is -0.731. The molecule has 0 aliphatic rings. The first-order valence-corrected chi connectivity index (χ1v) is 10.4. The Morgan fingerprint density at radius 1 is 0.971 bits per heavy atom. The molecule has 0 fully saturated rings. The van der Waals surface area contributed by atoms with E-state index in [1.165, 1.54) is 19.3 Å². The van der Waals surface area contributed by atoms with Gasteiger partial charge in [-0.25, -0.2) is 9.97 Å². The van der Waals surface area contributed by atoms with Crippen LogP contribution in [0.3, 0.4) is 0 Å². The molecule has 0 spiro atoms. The molecular weight excluding hydrogens is 461 g/mol. The van der Waals surface area contributed by atoms with Gasteiger partial charge in [0, 0.05) is 19.4 Å². The lowest BCUT2D eigenvalue weighted by molar-refractivity contribution is -0.137. The monoisotopic (exact) mass is 478 g/mol. The SMILES string of the molecule is CNC(=O)c1cccn2cc(C(=O)Nc3nc4cc(-c5cccc(C(F)(F)F)c5)ccc4[nH]3)nc12. The second kappa shape index (κ2) is 8.28. The zero-order valence-electron chi connectivity index (χ0n) is 18.1. The van der Waals surface area contributed by atoms with Gasteiger partial charge in [0.25, 0.3) is 11.8 Å². The smallest absolute Gasteiger partial charge is 0.355 e. The van der Waals surface area contributed by atoms with Crippen LogP contribution in [-0.4, -0.2) is 38.2 Å². The standard InChI is InChI=1S/C24H17F3N6O2/c1-28-21(34)16-6-3-9-33-12-19(29-20(16)33)22(35)32-23-30-17-8-7-14(11-18(17)31-23)13-4-2-5-15(10-13)24(25,26)27/h2-12H,1H3,(H,28,34)(H2,30,31,32,35). The topological polar surface area (TPSA) is 104 Å². The number of carbonyl (C=O) groups excluding carboxylic acids is 2. The molecule has 5 aromatic rings. The van der Waals surface area contributed by atoms with Crippen LogP contribution in [0.25, 0.3) is 27.8 Å². The van der Waals surface area contributed by atoms with Gasteiger partial charge in [0.15, 0.2) is 5.65 Å². The highest BCUT2D eigenvalue weighted by atomic mass is 19.4. The highest BCUT2D eigenvalue weighted by molar-refractivity contribution is 6.04. The van der Waals surface area contributed by atoms with E-state index >= 15 is 0 Å². The van der Waals surface area contributed by atoms with Gasteiger partial charge in [-0.3, -0.25) is 14.9 Å². The molecule has 0 radical (unpaired) electrons. The normalized spacial score (nSPS) is 11.7. The summed E-state index contributed by atoms with van der Waals surface area (Å²) in [6, 6.07) is 13.3. The van der Waals surface area contributed by atoms with Crippen LogP contribution in [0.5, 0.6) is 0 Å². The predicted molar refractivity (Wildman–Crippen MR) is 123 cm³/mol. The van der Waals surface area contributed by atoms with Crippen molar-refractivity contribution < 1.29 is 22.8 Å². The summed E-state index contributed by atoms with van der Waals surface area (Å²) in [5.41, 5.74) is 1.98. The molecule has 8 nitrogen and oxygen atoms in total. The largest absolute Gasteiger partial charge is 0.416 e. The van der Waals surface area contributed by atoms with E-state index in [1.807, 2.05) is 0 Å². The molecular formula is C24H17F3N6O2. The number of hydrogen-bond acceptors (Lipinski definition) is 4. The van der Waals surface area contributed by atoms with Crippen LogP contribution in [0.1, 0.15) is 26.4 Å². The highest BCUT2D eigenvalue weighted by Crippen LogP contribution is 2.33. The Balaban J connectivity index is 1.42. The number of rotatable bonds is 4. The zero-order chi connectivity index (χ0) is 24.7. The van der Waals surface area contributed by atoms with Crippen molar-refractivity contribution in [1.82, 2.24) is 24.7 Å². The van der Waals surface area contributed by atoms with Gasteiger partial charge in [0.2, 0.25) is 5.95 Å². The number of alkyl halides is 3. The number of amides is 2. The number of aromatic amines is 1. The molecule has 0 aliphatic heterocycles. The van der Waals surface area contributed by atoms with Gasteiger partial charge in [0.05, 0.1) is 22.2 Å². The number of halogens is 3. The molecule has 11 heteroatoms. The summed E-state index contributed by atoms with van der Waals surface area (Å²) < 4.78 is 40.8. The lowest BCUT2D eigenvalue weighted by atomic mass is 10.0. The summed E-state index contributed by atoms with van der Waals surface area (Å²) >= 11 is 0. The maximum atomic E-state index is 13.1. The summed E-state index contributed by atoms with van der Waals surface area (Å²) in [6.45, 7) is 0. The predicted octanol–water partition coefficient (Wildman–Crippen LogP) is 4.51. The lowest BCUT2D eigenvalue weighted by Crippen LogP contribution is -2.18. The van der Waals surface area contributed by atoms with Crippen molar-refractivity contribution in [3.63, 3.8) is 0 Å². The summed E-state index contributed by atoms with van der Waals surface area (Å²) in [4.78, 5) is 36.4. The lowest BCUT2D eigenvalue weighted by Gasteiger charge is -2.08. The molecule has 0 aliphatic carbocycles. The van der Waals surface area contributed by atoms with E-state index in [0.717, 1.165) is 12.1 Å². The van der Waals surface area contributed by atoms with Gasteiger partial charge in [-0.1, -0.05) is 18.2 Å². The summed E-state index contributed by atoms with van der Waals surface area (Å²) in [7, 11) is 1.50. The number of benzene rings is 2. The first-order valence-electron chi connectivity index (χ1n) is 10.4. The number of aromatic nitrogens is 4. The van der Waals surface area contributed by atoms with Crippen molar-refractivity contribution in [3.8, 4) is 11.1 Å². The van der Waals surface area contributed by atoms with Crippen molar-refractivity contribution in [1.29, 1.82) is 0 Å². The number of nitrogens with zero attached hydrogens (tertiary/aromatic N) is 3. The third kappa shape index (κ3) is 4.19. The molecule has 0 saturated carbocycles. The maximum absolute atomic E-state index is 13.1. The highest BCUT2D eigenvalue weighted by Gasteiger charge is 2.30. The Hall–Kier alpha value is -4.67. The van der Waals surface area contributed by atoms with Crippen LogP contribution in [0.4, 0.5) is 19.1 Å². The Morgan fingerprint density at radius 2 is 1.77 bits per heavy atom. The third-order valence-corrected chi connectivity index (χ3v) is 5.43. The van der Waals surface area contributed by atoms with Crippen molar-refractivity contribution in [2.24, 2.45) is 0 Å². The zero-order valence-corrected chi connectivity index (χ0v) is 18.1. The van der Waals surface area contributed by atoms with Crippen LogP contribution < -0.4 is 10.6 Å². The fourth-order valence-corrected chi connectivity index (χ4v) is 3.73. The molecule has 3 heterocycles. The van der Waals surface area contributed by atoms with E-state index in [1.54, 1.807) is 47.0 Å². The minimum atomic E-state index is -4.44. The second-order valence-electron chi connectivity index (χ2n) is 7.71. The van der Waals surface area contributed by atoms with E-state index < -0.39 is 17.6 Å². The average Bonchev–Trinajstić information content (AvgIpc) is 3.46. The quantitative estimate of drug-likeness (QED) is 0.354. The van der Waals surface area contributed by atoms with Gasteiger partial charge >= 0.3 is 6.18 Å². The fourth-order valence-electron chi connectivity index (χ4n) is 3.73. The van der Waals surface area contributed by atoms with Crippen LogP contribution in [-0.2, 0) is 6.18 Å². The molecule has 176 valence electrons. The molecule has 3 aromatic heterocycles. The van der Waals surface area contributed by atoms with E-state index in [2.05, 4.69) is 25.6 Å². The van der Waals surface area contributed by atoms with Crippen molar-refractivity contribution in [2.75, 3.05) is 12.4 Å². The number of anilines is 1. The second-order valence-corrected chi connectivity index (χ2v) is 7.71. The number of carbonyl (C=O) groups is 2. The van der Waals surface area contributed by atoms with Gasteiger partial charge in [-0.15, -0.1) is 0 Å². The van der Waals surface area contributed by atoms with Crippen molar-refractivity contribution in [2.45, 2.75) is 6.18 Å². The van der Waals surface area contributed by atoms with Crippen LogP contribution >= 0.6 is 0 Å². The molecule has 2 amide bonds. The number of H-pyrrole nitrogens is 1. The average molecular weight is 478 g/mol. The van der Waals surface area contributed by atoms with E-state index in [0.29, 0.717) is 33.4 Å². The van der Waals surface area contributed by atoms with Crippen LogP contribution in [0.2, 0.25) is 0 Å². The van der Waals surface area contributed by atoms with E-state index in [4.69, 9.17) is 0 Å². The summed E-state index contributed by atoms with van der Waals surface area (Å²) in [6.07, 6.45) is -1.28. The minimum Gasteiger partial charge on any atom is -0.355 e. The van der Waals surface area contributed by atoms with E-state index in [9.17, 15) is 22.8 Å². The molecule has 0 atom stereocenters. The Bertz CT molecular complexity index is 1600. The first-order chi connectivity index (χ1) is 16.7. The Labute approximate surface area is 195 Å². The van der Waals surface area contributed by atoms with Gasteiger partial charge in [-0.05, 0) is 47.5 Å². The number of nitrogens with one attached hydrogen (secondary N) is 3. The minimum absolute atomic E-state index is 0.0754. The number of imidazole rings is 2. The molecule has 5 rings (SSSR count). The third-order valence-electron chi connectivity index (χ3n) is 5.43. The summed E-state index contributed by atoms with van der Waals surface area (Å²) in [5, 5.41) is 5.16. The Morgan fingerprint density at radius 3 is 2.54 bits per heavy atom. The molecule has 35 heavy (non-hydrogen) atoms. The molecule has 0 unspecified atom stereocenters. The van der Waals surface area contributed by atoms with Crippen LogP contribution in [0, 0.1) is 0 Å². The maximum Gasteiger partial charge on any atom is 0.416 e. The first kappa shape index (κ1) is 22.1. The van der Waals surface area contributed by atoms with Gasteiger partial charge < -0.3 is 14.7 Å². The molecule has 0 bridgehead atoms. The molecule has 2 aromatic carbocycles. The number of hydrogen-bond donors (Lipinski definition) is 3. The molecule has 3 N–H and O–H groups in total. The molecule has 0 saturated heterocycles. The Kier molecular flexibility index (Phi) is 5.24. The van der Waals surface area contributed by atoms with Crippen LogP contribution in [0.15, 0.2) is 67.0 Å². The van der Waals surface area contributed by atoms with E-state index in [-0.39, 0.29) is 17.5 Å². The van der Waals surface area contributed by atoms with Crippen molar-refractivity contribution >= 4 is 34.4 Å². The number of fused-ring (bicyclic) bond motifs is 2. The fraction of sp³-hybridized carbons (Fsp3) is 0.0833. The van der Waals surface area contributed by atoms with Gasteiger partial charge in [0.1, 0.15) is 5.69 Å². The van der Waals surface area contributed by atoms with Crippen molar-refractivity contribution in [3.05, 3.63) is 83.8 Å². The van der Waals surface area contributed by atoms with Gasteiger partial charge in [-0.2, -0.15) is 13.2 Å².